The first-order valence-electron chi connectivity index (χ1n) is 8.79. The number of carbonyl (C=O) groups excluding carboxylic acids is 2. The highest BCUT2D eigenvalue weighted by molar-refractivity contribution is 9.10. The normalized spacial score (nSPS) is 19.0. The topological polar surface area (TPSA) is 52.7 Å². The van der Waals surface area contributed by atoms with E-state index in [1.165, 1.54) is 0 Å². The van der Waals surface area contributed by atoms with Crippen molar-refractivity contribution in [3.8, 4) is 0 Å². The summed E-state index contributed by atoms with van der Waals surface area (Å²) in [6.07, 6.45) is 3.24. The van der Waals surface area contributed by atoms with Crippen LogP contribution in [0.4, 0.5) is 11.4 Å². The maximum atomic E-state index is 12.8. The molecule has 4 rings (SSSR count). The van der Waals surface area contributed by atoms with Crippen LogP contribution in [0.2, 0.25) is 0 Å². The molecule has 2 aliphatic rings. The number of nitrogens with one attached hydrogen (secondary N) is 1. The highest BCUT2D eigenvalue weighted by Gasteiger charge is 2.37. The average molecular weight is 414 g/mol. The molecule has 6 heteroatoms. The average Bonchev–Trinajstić information content (AvgIpc) is 2.67. The van der Waals surface area contributed by atoms with Crippen LogP contribution < -0.4 is 10.2 Å². The smallest absolute Gasteiger partial charge is 0.257 e. The molecule has 5 nitrogen and oxygen atoms in total. The van der Waals surface area contributed by atoms with Crippen molar-refractivity contribution in [1.82, 2.24) is 4.90 Å². The van der Waals surface area contributed by atoms with Crippen LogP contribution in [-0.4, -0.2) is 36.5 Å². The number of benzene rings is 2. The Labute approximate surface area is 161 Å². The number of nitrogens with zero attached hydrogens (tertiary/aromatic N) is 2. The summed E-state index contributed by atoms with van der Waals surface area (Å²) >= 11 is 3.38. The van der Waals surface area contributed by atoms with Gasteiger partial charge in [0, 0.05) is 29.3 Å². The van der Waals surface area contributed by atoms with Gasteiger partial charge < -0.3 is 15.1 Å². The third-order valence-corrected chi connectivity index (χ3v) is 5.68. The van der Waals surface area contributed by atoms with Crippen LogP contribution in [-0.2, 0) is 0 Å². The minimum atomic E-state index is -0.179. The van der Waals surface area contributed by atoms with Crippen LogP contribution in [0.15, 0.2) is 46.9 Å². The summed E-state index contributed by atoms with van der Waals surface area (Å²) in [6, 6.07) is 12.8. The van der Waals surface area contributed by atoms with E-state index in [1.54, 1.807) is 12.1 Å². The van der Waals surface area contributed by atoms with Crippen molar-refractivity contribution >= 4 is 39.1 Å². The van der Waals surface area contributed by atoms with Crippen molar-refractivity contribution in [1.29, 1.82) is 0 Å². The molecule has 0 radical (unpaired) electrons. The van der Waals surface area contributed by atoms with Gasteiger partial charge in [-0.15, -0.1) is 0 Å². The Kier molecular flexibility index (Phi) is 4.44. The second kappa shape index (κ2) is 6.76. The van der Waals surface area contributed by atoms with Crippen LogP contribution >= 0.6 is 15.9 Å². The molecule has 0 aliphatic carbocycles. The summed E-state index contributed by atoms with van der Waals surface area (Å²) in [6.45, 7) is 0.805. The standard InChI is InChI=1S/C20H20BrN3O2/c1-23-17-12-13(19(25)22-15-8-6-14(21)7-9-15)5-10-16(17)20(26)24-11-3-2-4-18(23)24/h5-10,12,18H,2-4,11H2,1H3,(H,22,25). The fourth-order valence-corrected chi connectivity index (χ4v) is 4.02. The van der Waals surface area contributed by atoms with E-state index in [0.717, 1.165) is 41.7 Å². The van der Waals surface area contributed by atoms with Crippen molar-refractivity contribution in [2.45, 2.75) is 25.4 Å². The minimum absolute atomic E-state index is 0.0719. The zero-order valence-corrected chi connectivity index (χ0v) is 16.1. The van der Waals surface area contributed by atoms with E-state index in [-0.39, 0.29) is 18.0 Å². The minimum Gasteiger partial charge on any atom is -0.354 e. The third kappa shape index (κ3) is 2.98. The molecular formula is C20H20BrN3O2. The van der Waals surface area contributed by atoms with Crippen molar-refractivity contribution in [3.05, 3.63) is 58.1 Å². The van der Waals surface area contributed by atoms with Gasteiger partial charge >= 0.3 is 0 Å². The van der Waals surface area contributed by atoms with Gasteiger partial charge in [0.05, 0.1) is 11.3 Å². The summed E-state index contributed by atoms with van der Waals surface area (Å²) in [7, 11) is 2.00. The van der Waals surface area contributed by atoms with Gasteiger partial charge in [-0.25, -0.2) is 0 Å². The lowest BCUT2D eigenvalue weighted by Gasteiger charge is -2.46. The fourth-order valence-electron chi connectivity index (χ4n) is 3.75. The molecule has 26 heavy (non-hydrogen) atoms. The monoisotopic (exact) mass is 413 g/mol. The molecule has 1 saturated heterocycles. The molecule has 0 aromatic heterocycles. The van der Waals surface area contributed by atoms with Gasteiger partial charge in [-0.2, -0.15) is 0 Å². The highest BCUT2D eigenvalue weighted by Crippen LogP contribution is 2.34. The number of hydrogen-bond acceptors (Lipinski definition) is 3. The number of hydrogen-bond donors (Lipinski definition) is 1. The summed E-state index contributed by atoms with van der Waals surface area (Å²) in [5.74, 6) is -0.107. The number of fused-ring (bicyclic) bond motifs is 2. The summed E-state index contributed by atoms with van der Waals surface area (Å²) in [4.78, 5) is 29.5. The Bertz CT molecular complexity index is 866. The van der Waals surface area contributed by atoms with Crippen LogP contribution in [0.1, 0.15) is 40.0 Å². The number of piperidine rings is 1. The first-order valence-corrected chi connectivity index (χ1v) is 9.58. The maximum Gasteiger partial charge on any atom is 0.257 e. The number of carbonyl (C=O) groups is 2. The Hall–Kier alpha value is -2.34. The van der Waals surface area contributed by atoms with Gasteiger partial charge in [0.1, 0.15) is 6.17 Å². The maximum absolute atomic E-state index is 12.8. The molecule has 1 unspecified atom stereocenters. The summed E-state index contributed by atoms with van der Waals surface area (Å²) < 4.78 is 0.960. The van der Waals surface area contributed by atoms with E-state index in [4.69, 9.17) is 0 Å². The first kappa shape index (κ1) is 17.1. The SMILES string of the molecule is CN1c2cc(C(=O)Nc3ccc(Br)cc3)ccc2C(=O)N2CCCCC21. The van der Waals surface area contributed by atoms with Gasteiger partial charge in [0.15, 0.2) is 0 Å². The lowest BCUT2D eigenvalue weighted by atomic mass is 9.97. The second-order valence-corrected chi connectivity index (χ2v) is 7.69. The van der Waals surface area contributed by atoms with E-state index in [1.807, 2.05) is 42.3 Å². The lowest BCUT2D eigenvalue weighted by molar-refractivity contribution is 0.0589. The molecule has 2 aromatic rings. The van der Waals surface area contributed by atoms with Crippen LogP contribution in [0.3, 0.4) is 0 Å². The molecule has 0 spiro atoms. The Balaban J connectivity index is 1.62. The Morgan fingerprint density at radius 2 is 1.92 bits per heavy atom. The fraction of sp³-hybridized carbons (Fsp3) is 0.300. The molecule has 1 atom stereocenters. The molecule has 0 bridgehead atoms. The van der Waals surface area contributed by atoms with Crippen molar-refractivity contribution in [2.24, 2.45) is 0 Å². The van der Waals surface area contributed by atoms with Crippen LogP contribution in [0, 0.1) is 0 Å². The number of halogens is 1. The summed E-state index contributed by atoms with van der Waals surface area (Å²) in [5, 5.41) is 2.90. The third-order valence-electron chi connectivity index (χ3n) is 5.15. The van der Waals surface area contributed by atoms with Crippen molar-refractivity contribution < 1.29 is 9.59 Å². The van der Waals surface area contributed by atoms with E-state index in [2.05, 4.69) is 26.1 Å². The molecule has 2 amide bonds. The molecule has 2 heterocycles. The van der Waals surface area contributed by atoms with E-state index < -0.39 is 0 Å². The van der Waals surface area contributed by atoms with Crippen LogP contribution in [0.25, 0.3) is 0 Å². The van der Waals surface area contributed by atoms with Gasteiger partial charge in [-0.05, 0) is 61.7 Å². The number of rotatable bonds is 2. The van der Waals surface area contributed by atoms with Crippen molar-refractivity contribution in [2.75, 3.05) is 23.8 Å². The molecule has 1 fully saturated rings. The summed E-state index contributed by atoms with van der Waals surface area (Å²) in [5.41, 5.74) is 2.79. The largest absolute Gasteiger partial charge is 0.354 e. The molecule has 0 saturated carbocycles. The van der Waals surface area contributed by atoms with E-state index in [9.17, 15) is 9.59 Å². The van der Waals surface area contributed by atoms with Gasteiger partial charge in [0.25, 0.3) is 11.8 Å². The second-order valence-electron chi connectivity index (χ2n) is 6.78. The zero-order valence-electron chi connectivity index (χ0n) is 14.5. The lowest BCUT2D eigenvalue weighted by Crippen LogP contribution is -2.55. The molecule has 2 aliphatic heterocycles. The number of amides is 2. The van der Waals surface area contributed by atoms with Gasteiger partial charge in [-0.3, -0.25) is 9.59 Å². The quantitative estimate of drug-likeness (QED) is 0.805. The molecule has 134 valence electrons. The van der Waals surface area contributed by atoms with Crippen molar-refractivity contribution in [3.63, 3.8) is 0 Å². The first-order chi connectivity index (χ1) is 12.5. The molecule has 1 N–H and O–H groups in total. The Morgan fingerprint density at radius 1 is 1.15 bits per heavy atom. The van der Waals surface area contributed by atoms with Crippen LogP contribution in [0.5, 0.6) is 0 Å². The zero-order chi connectivity index (χ0) is 18.3. The molecule has 2 aromatic carbocycles. The number of anilines is 2. The van der Waals surface area contributed by atoms with E-state index in [0.29, 0.717) is 11.1 Å². The predicted molar refractivity (Wildman–Crippen MR) is 106 cm³/mol. The predicted octanol–water partition coefficient (Wildman–Crippen LogP) is 4.10. The van der Waals surface area contributed by atoms with Gasteiger partial charge in [-0.1, -0.05) is 15.9 Å². The van der Waals surface area contributed by atoms with E-state index >= 15 is 0 Å². The van der Waals surface area contributed by atoms with Gasteiger partial charge in [0.2, 0.25) is 0 Å². The highest BCUT2D eigenvalue weighted by atomic mass is 79.9. The Morgan fingerprint density at radius 3 is 2.69 bits per heavy atom. The molecular weight excluding hydrogens is 394 g/mol.